The Bertz CT molecular complexity index is 2920. The lowest BCUT2D eigenvalue weighted by atomic mass is 9.78. The van der Waals surface area contributed by atoms with Crippen LogP contribution in [0.5, 0.6) is 11.5 Å². The molecule has 18 unspecified atom stereocenters. The highest BCUT2D eigenvalue weighted by atomic mass is 28.3. The van der Waals surface area contributed by atoms with E-state index in [2.05, 4.69) is 165 Å². The van der Waals surface area contributed by atoms with Crippen LogP contribution in [0, 0.1) is 71.0 Å². The summed E-state index contributed by atoms with van der Waals surface area (Å²) in [5.41, 5.74) is 2.55. The molecular weight excluding hydrogens is 1370 g/mol. The molecule has 104 heavy (non-hydrogen) atoms. The van der Waals surface area contributed by atoms with E-state index >= 15 is 0 Å². The van der Waals surface area contributed by atoms with E-state index in [1.54, 1.807) is 98.8 Å². The molecule has 0 amide bonds. The van der Waals surface area contributed by atoms with Gasteiger partial charge in [-0.25, -0.2) is 0 Å². The van der Waals surface area contributed by atoms with Crippen LogP contribution >= 0.6 is 0 Å². The van der Waals surface area contributed by atoms with Gasteiger partial charge in [0.25, 0.3) is 0 Å². The maximum atomic E-state index is 6.22. The van der Waals surface area contributed by atoms with Gasteiger partial charge in [-0.3, -0.25) is 0 Å². The van der Waals surface area contributed by atoms with Gasteiger partial charge in [0, 0.05) is 37.7 Å². The molecule has 15 rings (SSSR count). The summed E-state index contributed by atoms with van der Waals surface area (Å²) in [6.07, 6.45) is 46.1. The van der Waals surface area contributed by atoms with Crippen molar-refractivity contribution in [2.24, 2.45) is 71.0 Å². The van der Waals surface area contributed by atoms with Gasteiger partial charge in [-0.05, 0) is 235 Å². The van der Waals surface area contributed by atoms with Crippen LogP contribution in [0.15, 0.2) is 72.8 Å². The second kappa shape index (κ2) is 35.2. The van der Waals surface area contributed by atoms with Gasteiger partial charge >= 0.3 is 0 Å². The van der Waals surface area contributed by atoms with Gasteiger partial charge in [-0.15, -0.1) is 0 Å². The van der Waals surface area contributed by atoms with E-state index in [0.717, 1.165) is 83.9 Å². The zero-order valence-corrected chi connectivity index (χ0v) is 74.9. The third kappa shape index (κ3) is 24.5. The SMILES string of the molecule is C.CC(C)(c1ccc(OCCC[Si](C)(C)CCC2CCC3CC3C2)cc1)c1ccc(OCCC[Si](C)(C)CCC2CCC3OC3C2)cc1.C[Si](C)(CCC1CCC2CC2C1)CC[Si](C)(C)CCC1CCC2OC2C1.C[Si](C)(CCC1CCC2CC2C1)c1ccc([Si](C)(C)CCC2CCC3OC3C2)cc1. The maximum absolute atomic E-state index is 6.22. The second-order valence-electron chi connectivity index (χ2n) is 43.3. The molecule has 3 heterocycles. The molecule has 12 aliphatic rings. The van der Waals surface area contributed by atoms with E-state index in [1.807, 2.05) is 0 Å². The van der Waals surface area contributed by atoms with Crippen molar-refractivity contribution in [3.05, 3.63) is 83.9 Å². The van der Waals surface area contributed by atoms with Crippen molar-refractivity contribution in [1.29, 1.82) is 0 Å². The smallest absolute Gasteiger partial charge is 0.119 e. The molecule has 5 nitrogen and oxygen atoms in total. The Labute approximate surface area is 646 Å². The van der Waals surface area contributed by atoms with E-state index in [4.69, 9.17) is 23.7 Å². The summed E-state index contributed by atoms with van der Waals surface area (Å²) in [5, 5.41) is 3.37. The van der Waals surface area contributed by atoms with E-state index in [0.29, 0.717) is 36.6 Å². The van der Waals surface area contributed by atoms with Crippen LogP contribution in [0.1, 0.15) is 219 Å². The molecule has 3 aliphatic heterocycles. The molecule has 0 aromatic heterocycles. The monoisotopic (exact) mass is 1520 g/mol. The summed E-state index contributed by atoms with van der Waals surface area (Å²) in [6.45, 7) is 37.8. The van der Waals surface area contributed by atoms with E-state index < -0.39 is 48.4 Å². The highest BCUT2D eigenvalue weighted by Crippen LogP contribution is 2.55. The van der Waals surface area contributed by atoms with Gasteiger partial charge in [0.15, 0.2) is 0 Å². The molecule has 18 atom stereocenters. The Morgan fingerprint density at radius 2 is 0.577 bits per heavy atom. The lowest BCUT2D eigenvalue weighted by Gasteiger charge is -2.32. The average Bonchev–Trinajstić information content (AvgIpc) is 1.81. The zero-order chi connectivity index (χ0) is 72.4. The maximum Gasteiger partial charge on any atom is 0.119 e. The quantitative estimate of drug-likeness (QED) is 0.0334. The molecule has 0 bridgehead atoms. The summed E-state index contributed by atoms with van der Waals surface area (Å²) < 4.78 is 29.7. The van der Waals surface area contributed by atoms with Gasteiger partial charge in [0.2, 0.25) is 0 Å². The third-order valence-electron chi connectivity index (χ3n) is 31.2. The van der Waals surface area contributed by atoms with E-state index in [1.165, 1.54) is 181 Å². The second-order valence-corrected chi connectivity index (χ2v) is 74.3. The Kier molecular flexibility index (Phi) is 27.7. The number of rotatable bonds is 35. The molecule has 9 aliphatic carbocycles. The number of epoxide rings is 3. The van der Waals surface area contributed by atoms with E-state index in [-0.39, 0.29) is 12.8 Å². The van der Waals surface area contributed by atoms with Gasteiger partial charge in [-0.2, -0.15) is 0 Å². The van der Waals surface area contributed by atoms with Crippen molar-refractivity contribution < 1.29 is 23.7 Å². The Morgan fingerprint density at radius 1 is 0.298 bits per heavy atom. The highest BCUT2D eigenvalue weighted by Gasteiger charge is 2.48. The Balaban J connectivity index is 0.000000154. The number of hydrogen-bond donors (Lipinski definition) is 0. The van der Waals surface area contributed by atoms with Crippen LogP contribution in [-0.4, -0.2) is 98.3 Å². The van der Waals surface area contributed by atoms with Gasteiger partial charge in [-0.1, -0.05) is 277 Å². The first-order chi connectivity index (χ1) is 49.1. The summed E-state index contributed by atoms with van der Waals surface area (Å²) in [4.78, 5) is 0. The molecule has 0 spiro atoms. The van der Waals surface area contributed by atoms with Crippen molar-refractivity contribution in [1.82, 2.24) is 0 Å². The molecule has 3 saturated heterocycles. The Hall–Kier alpha value is -1.56. The zero-order valence-electron chi connectivity index (χ0n) is 68.9. The molecule has 584 valence electrons. The van der Waals surface area contributed by atoms with Crippen LogP contribution in [0.4, 0.5) is 0 Å². The molecule has 9 saturated carbocycles. The minimum Gasteiger partial charge on any atom is -0.494 e. The summed E-state index contributed by atoms with van der Waals surface area (Å²) in [5.74, 6) is 14.9. The minimum atomic E-state index is -1.33. The number of fused-ring (bicyclic) bond motifs is 6. The fraction of sp³-hybridized carbons (Fsp3) is 0.806. The molecular formula is C93H158O5Si6. The van der Waals surface area contributed by atoms with Crippen molar-refractivity contribution in [3.8, 4) is 11.5 Å². The van der Waals surface area contributed by atoms with Crippen LogP contribution in [0.3, 0.4) is 0 Å². The lowest BCUT2D eigenvalue weighted by Crippen LogP contribution is -2.45. The predicted molar refractivity (Wildman–Crippen MR) is 463 cm³/mol. The first kappa shape index (κ1) is 81.9. The first-order valence-electron chi connectivity index (χ1n) is 44.6. The van der Waals surface area contributed by atoms with Crippen LogP contribution in [0.25, 0.3) is 0 Å². The van der Waals surface area contributed by atoms with Crippen molar-refractivity contribution in [2.45, 2.75) is 389 Å². The fourth-order valence-electron chi connectivity index (χ4n) is 21.8. The van der Waals surface area contributed by atoms with Crippen molar-refractivity contribution >= 4 is 58.8 Å². The summed E-state index contributed by atoms with van der Waals surface area (Å²) >= 11 is 0. The molecule has 0 radical (unpaired) electrons. The largest absolute Gasteiger partial charge is 0.494 e. The molecule has 11 heteroatoms. The third-order valence-corrected chi connectivity index (χ3v) is 51.7. The first-order valence-corrected chi connectivity index (χ1v) is 64.7. The predicted octanol–water partition coefficient (Wildman–Crippen LogP) is 25.9. The van der Waals surface area contributed by atoms with E-state index in [9.17, 15) is 0 Å². The van der Waals surface area contributed by atoms with Gasteiger partial charge < -0.3 is 23.7 Å². The van der Waals surface area contributed by atoms with Crippen molar-refractivity contribution in [3.63, 3.8) is 0 Å². The number of benzene rings is 3. The topological polar surface area (TPSA) is 56.1 Å². The minimum absolute atomic E-state index is 0. The van der Waals surface area contributed by atoms with Crippen LogP contribution in [0.2, 0.25) is 139 Å². The number of ether oxygens (including phenoxy) is 5. The lowest BCUT2D eigenvalue weighted by molar-refractivity contribution is 0.316. The van der Waals surface area contributed by atoms with Crippen LogP contribution < -0.4 is 19.8 Å². The molecule has 0 N–H and O–H groups in total. The molecule has 12 fully saturated rings. The molecule has 3 aromatic rings. The fourth-order valence-corrected chi connectivity index (χ4v) is 40.2. The Morgan fingerprint density at radius 3 is 0.875 bits per heavy atom. The highest BCUT2D eigenvalue weighted by molar-refractivity contribution is 6.91. The van der Waals surface area contributed by atoms with Gasteiger partial charge in [0.1, 0.15) is 11.5 Å². The normalized spacial score (nSPS) is 32.3. The van der Waals surface area contributed by atoms with Crippen molar-refractivity contribution in [2.75, 3.05) is 13.2 Å². The molecule has 3 aromatic carbocycles. The number of hydrogen-bond acceptors (Lipinski definition) is 5. The standard InChI is InChI=1S/C42H66O3Si2.C27H44OSi2.C23H44OSi2.CH4/c1-42(2,36-12-16-38(17-13-36)43-23-7-25-46(3,4)27-21-32-9-11-34-31-35(34)29-32)37-14-18-39(19-15-37)44-24-8-26-47(5,6)28-22-33-10-20-40-41(30-33)45-40;1-29(2,15-13-20-5-7-22-19-23(22)17-20)24-8-10-25(11-9-24)30(3,4)16-14-21-6-12-26-27(18-21)28-26;1-25(2,11-9-18-5-7-20-17-21(20)15-18)13-14-26(3,4)12-10-19-6-8-22-23(16-19)24-22;/h12-19,32-35,40-41H,7-11,20-31H2,1-6H3;8-11,20-23,26-27H,5-7,12-19H2,1-4H3;18-23H,5-17H2,1-4H3;1H4. The van der Waals surface area contributed by atoms with Gasteiger partial charge in [0.05, 0.1) is 66.0 Å². The summed E-state index contributed by atoms with van der Waals surface area (Å²) in [6, 6.07) is 42.8. The summed E-state index contributed by atoms with van der Waals surface area (Å²) in [7, 11) is -6.87. The van der Waals surface area contributed by atoms with Crippen LogP contribution in [-0.2, 0) is 19.6 Å². The average molecular weight is 1520 g/mol.